The molecule has 0 bridgehead atoms. The van der Waals surface area contributed by atoms with Gasteiger partial charge in [0.1, 0.15) is 11.6 Å². The molecule has 0 aromatic heterocycles. The topological polar surface area (TPSA) is 29.5 Å². The highest BCUT2D eigenvalue weighted by atomic mass is 19.1. The predicted molar refractivity (Wildman–Crippen MR) is 76.2 cm³/mol. The molecule has 3 nitrogen and oxygen atoms in total. The number of para-hydroxylation sites is 1. The van der Waals surface area contributed by atoms with Gasteiger partial charge in [-0.25, -0.2) is 13.6 Å². The number of ether oxygens (including phenoxy) is 1. The van der Waals surface area contributed by atoms with E-state index in [-0.39, 0.29) is 6.54 Å². The summed E-state index contributed by atoms with van der Waals surface area (Å²) in [6.45, 7) is 0.208. The monoisotopic (exact) mass is 291 g/mol. The van der Waals surface area contributed by atoms with Crippen molar-refractivity contribution in [2.75, 3.05) is 19.1 Å². The van der Waals surface area contributed by atoms with Crippen LogP contribution in [0, 0.1) is 11.6 Å². The van der Waals surface area contributed by atoms with Crippen LogP contribution in [0.4, 0.5) is 14.5 Å². The number of rotatable bonds is 4. The van der Waals surface area contributed by atoms with Gasteiger partial charge in [-0.2, -0.15) is 0 Å². The van der Waals surface area contributed by atoms with E-state index < -0.39 is 17.6 Å². The van der Waals surface area contributed by atoms with Crippen molar-refractivity contribution in [2.24, 2.45) is 0 Å². The molecular formula is C16H15F2NO2. The largest absolute Gasteiger partial charge is 0.465 e. The van der Waals surface area contributed by atoms with Gasteiger partial charge in [-0.3, -0.25) is 0 Å². The second-order valence-electron chi connectivity index (χ2n) is 4.60. The predicted octanol–water partition coefficient (Wildman–Crippen LogP) is 3.39. The molecule has 0 unspecified atom stereocenters. The van der Waals surface area contributed by atoms with E-state index in [4.69, 9.17) is 4.74 Å². The fraction of sp³-hybridized carbons (Fsp3) is 0.188. The SMILES string of the molecule is COC(=O)c1ccccc1N(C)Cc1ccc(F)cc1F. The molecule has 0 fully saturated rings. The van der Waals surface area contributed by atoms with Crippen molar-refractivity contribution in [3.63, 3.8) is 0 Å². The molecule has 0 amide bonds. The molecule has 0 aliphatic rings. The molecule has 0 aliphatic carbocycles. The van der Waals surface area contributed by atoms with Gasteiger partial charge < -0.3 is 9.64 Å². The third-order valence-corrected chi connectivity index (χ3v) is 3.14. The van der Waals surface area contributed by atoms with Crippen molar-refractivity contribution in [1.82, 2.24) is 0 Å². The molecule has 0 saturated carbocycles. The molecule has 0 aliphatic heterocycles. The zero-order valence-corrected chi connectivity index (χ0v) is 11.8. The lowest BCUT2D eigenvalue weighted by Gasteiger charge is -2.22. The van der Waals surface area contributed by atoms with Gasteiger partial charge >= 0.3 is 5.97 Å². The summed E-state index contributed by atoms with van der Waals surface area (Å²) in [4.78, 5) is 13.4. The highest BCUT2D eigenvalue weighted by Crippen LogP contribution is 2.22. The summed E-state index contributed by atoms with van der Waals surface area (Å²) in [5, 5.41) is 0. The first-order valence-corrected chi connectivity index (χ1v) is 6.35. The fourth-order valence-corrected chi connectivity index (χ4v) is 2.08. The number of halogens is 2. The van der Waals surface area contributed by atoms with Crippen LogP contribution in [0.15, 0.2) is 42.5 Å². The average molecular weight is 291 g/mol. The summed E-state index contributed by atoms with van der Waals surface area (Å²) in [5.74, 6) is -1.69. The Balaban J connectivity index is 2.28. The lowest BCUT2D eigenvalue weighted by molar-refractivity contribution is 0.0601. The standard InChI is InChI=1S/C16H15F2NO2/c1-19(10-11-7-8-12(17)9-14(11)18)15-6-4-3-5-13(15)16(20)21-2/h3-9H,10H2,1-2H3. The highest BCUT2D eigenvalue weighted by Gasteiger charge is 2.15. The lowest BCUT2D eigenvalue weighted by Crippen LogP contribution is -2.20. The third kappa shape index (κ3) is 3.37. The van der Waals surface area contributed by atoms with Crippen molar-refractivity contribution in [3.05, 3.63) is 65.2 Å². The van der Waals surface area contributed by atoms with Crippen LogP contribution in [0.5, 0.6) is 0 Å². The van der Waals surface area contributed by atoms with E-state index >= 15 is 0 Å². The third-order valence-electron chi connectivity index (χ3n) is 3.14. The van der Waals surface area contributed by atoms with Crippen LogP contribution in [0.3, 0.4) is 0 Å². The zero-order chi connectivity index (χ0) is 15.4. The van der Waals surface area contributed by atoms with Crippen molar-refractivity contribution in [2.45, 2.75) is 6.54 Å². The maximum Gasteiger partial charge on any atom is 0.339 e. The Kier molecular flexibility index (Phi) is 4.52. The van der Waals surface area contributed by atoms with Crippen LogP contribution in [0.1, 0.15) is 15.9 Å². The molecule has 21 heavy (non-hydrogen) atoms. The fourth-order valence-electron chi connectivity index (χ4n) is 2.08. The van der Waals surface area contributed by atoms with E-state index in [1.165, 1.54) is 19.2 Å². The first-order valence-electron chi connectivity index (χ1n) is 6.35. The molecule has 5 heteroatoms. The highest BCUT2D eigenvalue weighted by molar-refractivity contribution is 5.95. The second-order valence-corrected chi connectivity index (χ2v) is 4.60. The van der Waals surface area contributed by atoms with Gasteiger partial charge in [0, 0.05) is 25.2 Å². The smallest absolute Gasteiger partial charge is 0.339 e. The minimum Gasteiger partial charge on any atom is -0.465 e. The van der Waals surface area contributed by atoms with Gasteiger partial charge in [0.05, 0.1) is 18.4 Å². The Morgan fingerprint density at radius 2 is 1.90 bits per heavy atom. The van der Waals surface area contributed by atoms with Crippen LogP contribution in [0.2, 0.25) is 0 Å². The number of hydrogen-bond acceptors (Lipinski definition) is 3. The van der Waals surface area contributed by atoms with E-state index in [0.29, 0.717) is 16.8 Å². The molecule has 0 saturated heterocycles. The van der Waals surface area contributed by atoms with Crippen molar-refractivity contribution < 1.29 is 18.3 Å². The Labute approximate surface area is 121 Å². The number of nitrogens with zero attached hydrogens (tertiary/aromatic N) is 1. The maximum atomic E-state index is 13.7. The summed E-state index contributed by atoms with van der Waals surface area (Å²) in [7, 11) is 3.03. The van der Waals surface area contributed by atoms with E-state index in [2.05, 4.69) is 0 Å². The molecule has 2 rings (SSSR count). The van der Waals surface area contributed by atoms with Gasteiger partial charge in [0.2, 0.25) is 0 Å². The molecule has 0 N–H and O–H groups in total. The summed E-state index contributed by atoms with van der Waals surface area (Å²) >= 11 is 0. The summed E-state index contributed by atoms with van der Waals surface area (Å²) < 4.78 is 31.3. The van der Waals surface area contributed by atoms with Crippen molar-refractivity contribution >= 4 is 11.7 Å². The van der Waals surface area contributed by atoms with Gasteiger partial charge in [-0.1, -0.05) is 18.2 Å². The molecular weight excluding hydrogens is 276 g/mol. The minimum atomic E-state index is -0.617. The average Bonchev–Trinajstić information content (AvgIpc) is 2.49. The van der Waals surface area contributed by atoms with Crippen molar-refractivity contribution in [3.8, 4) is 0 Å². The Morgan fingerprint density at radius 1 is 1.19 bits per heavy atom. The lowest BCUT2D eigenvalue weighted by atomic mass is 10.1. The quantitative estimate of drug-likeness (QED) is 0.809. The molecule has 0 spiro atoms. The maximum absolute atomic E-state index is 13.7. The number of anilines is 1. The first kappa shape index (κ1) is 15.0. The number of carbonyl (C=O) groups is 1. The second kappa shape index (κ2) is 6.35. The summed E-state index contributed by atoms with van der Waals surface area (Å²) in [6.07, 6.45) is 0. The molecule has 2 aromatic rings. The Morgan fingerprint density at radius 3 is 2.57 bits per heavy atom. The Bertz CT molecular complexity index is 658. The number of esters is 1. The van der Waals surface area contributed by atoms with Crippen LogP contribution < -0.4 is 4.90 Å². The number of hydrogen-bond donors (Lipinski definition) is 0. The minimum absolute atomic E-state index is 0.208. The van der Waals surface area contributed by atoms with E-state index in [1.54, 1.807) is 36.2 Å². The normalized spacial score (nSPS) is 10.3. The van der Waals surface area contributed by atoms with E-state index in [1.807, 2.05) is 0 Å². The number of carbonyl (C=O) groups excluding carboxylic acids is 1. The van der Waals surface area contributed by atoms with Gasteiger partial charge in [0.25, 0.3) is 0 Å². The van der Waals surface area contributed by atoms with Crippen LogP contribution in [-0.2, 0) is 11.3 Å². The molecule has 0 heterocycles. The van der Waals surface area contributed by atoms with Crippen LogP contribution in [0.25, 0.3) is 0 Å². The van der Waals surface area contributed by atoms with Crippen molar-refractivity contribution in [1.29, 1.82) is 0 Å². The van der Waals surface area contributed by atoms with Gasteiger partial charge in [0.15, 0.2) is 0 Å². The molecule has 0 atom stereocenters. The zero-order valence-electron chi connectivity index (χ0n) is 11.8. The number of benzene rings is 2. The first-order chi connectivity index (χ1) is 10.0. The summed E-state index contributed by atoms with van der Waals surface area (Å²) in [6, 6.07) is 10.3. The van der Waals surface area contributed by atoms with E-state index in [0.717, 1.165) is 6.07 Å². The van der Waals surface area contributed by atoms with Gasteiger partial charge in [-0.15, -0.1) is 0 Å². The van der Waals surface area contributed by atoms with Crippen LogP contribution >= 0.6 is 0 Å². The molecule has 0 radical (unpaired) electrons. The van der Waals surface area contributed by atoms with E-state index in [9.17, 15) is 13.6 Å². The molecule has 110 valence electrons. The Hall–Kier alpha value is -2.43. The van der Waals surface area contributed by atoms with Gasteiger partial charge in [-0.05, 0) is 18.2 Å². The van der Waals surface area contributed by atoms with Crippen LogP contribution in [-0.4, -0.2) is 20.1 Å². The summed E-state index contributed by atoms with van der Waals surface area (Å²) in [5.41, 5.74) is 1.36. The number of methoxy groups -OCH3 is 1. The molecule has 2 aromatic carbocycles.